The second-order valence-electron chi connectivity index (χ2n) is 8.26. The average Bonchev–Trinajstić information content (AvgIpc) is 2.91. The molecule has 0 bridgehead atoms. The highest BCUT2D eigenvalue weighted by atomic mass is 16.5. The molecule has 0 saturated carbocycles. The molecule has 0 atom stereocenters. The van der Waals surface area contributed by atoms with Gasteiger partial charge in [-0.15, -0.1) is 0 Å². The second-order valence-corrected chi connectivity index (χ2v) is 8.26. The lowest BCUT2D eigenvalue weighted by molar-refractivity contribution is 0.359. The molecule has 1 aromatic heterocycles. The number of ether oxygens (including phenoxy) is 2. The minimum absolute atomic E-state index is 0.0162. The minimum Gasteiger partial charge on any atom is -0.497 e. The number of piperidine rings is 1. The molecule has 0 spiro atoms. The SMILES string of the molecule is CN/C=C\N=C\CN(c1cc(OC)cc(OC)c1)c1ccc2ncn(C3CCNCC3)c(=O)c2c1. The number of aromatic nitrogens is 2. The lowest BCUT2D eigenvalue weighted by atomic mass is 10.1. The van der Waals surface area contributed by atoms with Crippen molar-refractivity contribution in [1.82, 2.24) is 20.2 Å². The fourth-order valence-electron chi connectivity index (χ4n) is 4.25. The number of nitrogens with zero attached hydrogens (tertiary/aromatic N) is 4. The van der Waals surface area contributed by atoms with Crippen LogP contribution >= 0.6 is 0 Å². The van der Waals surface area contributed by atoms with Crippen LogP contribution in [0.15, 0.2) is 64.9 Å². The number of benzene rings is 2. The molecule has 0 unspecified atom stereocenters. The van der Waals surface area contributed by atoms with Crippen LogP contribution in [-0.4, -0.2) is 56.7 Å². The van der Waals surface area contributed by atoms with Gasteiger partial charge in [-0.25, -0.2) is 4.98 Å². The smallest absolute Gasteiger partial charge is 0.261 e. The quantitative estimate of drug-likeness (QED) is 0.458. The molecule has 2 N–H and O–H groups in total. The van der Waals surface area contributed by atoms with Crippen molar-refractivity contribution < 1.29 is 9.47 Å². The Morgan fingerprint density at radius 1 is 1.14 bits per heavy atom. The summed E-state index contributed by atoms with van der Waals surface area (Å²) in [4.78, 5) is 24.5. The maximum absolute atomic E-state index is 13.5. The molecule has 184 valence electrons. The molecular formula is C26H32N6O3. The molecule has 2 heterocycles. The first-order chi connectivity index (χ1) is 17.1. The fraction of sp³-hybridized carbons (Fsp3) is 0.346. The van der Waals surface area contributed by atoms with Crippen molar-refractivity contribution in [2.24, 2.45) is 4.99 Å². The first-order valence-corrected chi connectivity index (χ1v) is 11.7. The van der Waals surface area contributed by atoms with Crippen LogP contribution in [0.1, 0.15) is 18.9 Å². The molecule has 1 aliphatic heterocycles. The first kappa shape index (κ1) is 24.3. The van der Waals surface area contributed by atoms with Crippen molar-refractivity contribution >= 4 is 28.5 Å². The molecular weight excluding hydrogens is 444 g/mol. The molecule has 0 aliphatic carbocycles. The van der Waals surface area contributed by atoms with Gasteiger partial charge in [0.1, 0.15) is 11.5 Å². The van der Waals surface area contributed by atoms with Crippen LogP contribution in [-0.2, 0) is 0 Å². The number of nitrogens with one attached hydrogen (secondary N) is 2. The summed E-state index contributed by atoms with van der Waals surface area (Å²) in [6.45, 7) is 2.28. The predicted octanol–water partition coefficient (Wildman–Crippen LogP) is 3.24. The van der Waals surface area contributed by atoms with Crippen molar-refractivity contribution in [1.29, 1.82) is 0 Å². The van der Waals surface area contributed by atoms with Crippen molar-refractivity contribution in [2.75, 3.05) is 45.8 Å². The predicted molar refractivity (Wildman–Crippen MR) is 140 cm³/mol. The zero-order valence-electron chi connectivity index (χ0n) is 20.4. The van der Waals surface area contributed by atoms with Crippen LogP contribution in [0.25, 0.3) is 10.9 Å². The average molecular weight is 477 g/mol. The molecule has 35 heavy (non-hydrogen) atoms. The maximum Gasteiger partial charge on any atom is 0.261 e. The number of hydrogen-bond donors (Lipinski definition) is 2. The summed E-state index contributed by atoms with van der Waals surface area (Å²) in [5.74, 6) is 1.35. The van der Waals surface area contributed by atoms with Crippen LogP contribution < -0.4 is 30.6 Å². The Balaban J connectivity index is 1.78. The van der Waals surface area contributed by atoms with E-state index in [1.54, 1.807) is 43.7 Å². The van der Waals surface area contributed by atoms with Gasteiger partial charge in [0.2, 0.25) is 0 Å². The summed E-state index contributed by atoms with van der Waals surface area (Å²) in [7, 11) is 5.07. The number of fused-ring (bicyclic) bond motifs is 1. The van der Waals surface area contributed by atoms with E-state index in [2.05, 4.69) is 25.5 Å². The van der Waals surface area contributed by atoms with E-state index in [0.717, 1.165) is 37.3 Å². The van der Waals surface area contributed by atoms with Crippen molar-refractivity contribution in [3.63, 3.8) is 0 Å². The number of anilines is 2. The normalized spacial score (nSPS) is 14.6. The summed E-state index contributed by atoms with van der Waals surface area (Å²) in [5.41, 5.74) is 2.36. The zero-order valence-corrected chi connectivity index (χ0v) is 20.4. The number of hydrogen-bond acceptors (Lipinski definition) is 8. The standard InChI is InChI=1S/C26H32N6O3/c1-27-10-11-29-12-13-31(21-14-22(34-2)17-23(15-21)35-3)20-4-5-25-24(16-20)26(33)32(18-30-25)19-6-8-28-9-7-19/h4-5,10-12,14-19,27-28H,6-9,13H2,1-3H3/b11-10-,29-12+. The zero-order chi connectivity index (χ0) is 24.6. The highest BCUT2D eigenvalue weighted by Crippen LogP contribution is 2.33. The Kier molecular flexibility index (Phi) is 7.99. The van der Waals surface area contributed by atoms with Gasteiger partial charge in [0.15, 0.2) is 0 Å². The Morgan fingerprint density at radius 3 is 2.57 bits per heavy atom. The molecule has 0 radical (unpaired) electrons. The van der Waals surface area contributed by atoms with Crippen molar-refractivity contribution in [3.05, 3.63) is 65.5 Å². The number of methoxy groups -OCH3 is 2. The van der Waals surface area contributed by atoms with Gasteiger partial charge in [-0.05, 0) is 44.1 Å². The van der Waals surface area contributed by atoms with E-state index in [-0.39, 0.29) is 11.6 Å². The van der Waals surface area contributed by atoms with Gasteiger partial charge in [-0.3, -0.25) is 14.4 Å². The third kappa shape index (κ3) is 5.63. The van der Waals surface area contributed by atoms with Gasteiger partial charge in [-0.2, -0.15) is 0 Å². The number of aliphatic imine (C=N–C) groups is 1. The Hall–Kier alpha value is -3.85. The van der Waals surface area contributed by atoms with Crippen LogP contribution in [0.4, 0.5) is 11.4 Å². The molecule has 0 amide bonds. The van der Waals surface area contributed by atoms with Crippen LogP contribution in [0.2, 0.25) is 0 Å². The van der Waals surface area contributed by atoms with Gasteiger partial charge >= 0.3 is 0 Å². The highest BCUT2D eigenvalue weighted by molar-refractivity contribution is 5.85. The van der Waals surface area contributed by atoms with Crippen LogP contribution in [0.3, 0.4) is 0 Å². The fourth-order valence-corrected chi connectivity index (χ4v) is 4.25. The highest BCUT2D eigenvalue weighted by Gasteiger charge is 2.19. The molecule has 1 fully saturated rings. The van der Waals surface area contributed by atoms with E-state index in [0.29, 0.717) is 28.9 Å². The van der Waals surface area contributed by atoms with E-state index in [1.807, 2.05) is 43.4 Å². The molecule has 2 aromatic carbocycles. The molecule has 3 aromatic rings. The van der Waals surface area contributed by atoms with Crippen molar-refractivity contribution in [3.8, 4) is 11.5 Å². The second kappa shape index (κ2) is 11.5. The molecule has 1 saturated heterocycles. The molecule has 1 aliphatic rings. The summed E-state index contributed by atoms with van der Waals surface area (Å²) < 4.78 is 12.8. The largest absolute Gasteiger partial charge is 0.497 e. The van der Waals surface area contributed by atoms with E-state index < -0.39 is 0 Å². The first-order valence-electron chi connectivity index (χ1n) is 11.7. The Bertz CT molecular complexity index is 1240. The van der Waals surface area contributed by atoms with Crippen LogP contribution in [0.5, 0.6) is 11.5 Å². The van der Waals surface area contributed by atoms with E-state index in [4.69, 9.17) is 9.47 Å². The third-order valence-electron chi connectivity index (χ3n) is 6.12. The lowest BCUT2D eigenvalue weighted by Gasteiger charge is -2.26. The van der Waals surface area contributed by atoms with Gasteiger partial charge in [0, 0.05) is 61.3 Å². The topological polar surface area (TPSA) is 93.0 Å². The third-order valence-corrected chi connectivity index (χ3v) is 6.12. The number of rotatable bonds is 9. The molecule has 4 rings (SSSR count). The van der Waals surface area contributed by atoms with Gasteiger partial charge in [-0.1, -0.05) is 0 Å². The Morgan fingerprint density at radius 2 is 1.89 bits per heavy atom. The van der Waals surface area contributed by atoms with Crippen LogP contribution in [0, 0.1) is 0 Å². The van der Waals surface area contributed by atoms with E-state index in [1.165, 1.54) is 0 Å². The molecule has 9 nitrogen and oxygen atoms in total. The lowest BCUT2D eigenvalue weighted by Crippen LogP contribution is -2.34. The Labute approximate surface area is 205 Å². The van der Waals surface area contributed by atoms with E-state index in [9.17, 15) is 4.79 Å². The van der Waals surface area contributed by atoms with Gasteiger partial charge in [0.05, 0.1) is 38.0 Å². The maximum atomic E-state index is 13.5. The van der Waals surface area contributed by atoms with E-state index >= 15 is 0 Å². The van der Waals surface area contributed by atoms with Crippen molar-refractivity contribution in [2.45, 2.75) is 18.9 Å². The molecule has 9 heteroatoms. The minimum atomic E-state index is -0.0162. The van der Waals surface area contributed by atoms with Gasteiger partial charge in [0.25, 0.3) is 5.56 Å². The monoisotopic (exact) mass is 476 g/mol. The summed E-state index contributed by atoms with van der Waals surface area (Å²) in [5, 5.41) is 6.86. The van der Waals surface area contributed by atoms with Gasteiger partial charge < -0.3 is 25.0 Å². The summed E-state index contributed by atoms with van der Waals surface area (Å²) in [6, 6.07) is 11.6. The summed E-state index contributed by atoms with van der Waals surface area (Å²) >= 11 is 0. The summed E-state index contributed by atoms with van der Waals surface area (Å²) in [6.07, 6.45) is 8.76.